The summed E-state index contributed by atoms with van der Waals surface area (Å²) < 4.78 is 0. The van der Waals surface area contributed by atoms with Crippen LogP contribution in [0.4, 0.5) is 4.79 Å². The number of aliphatic hydroxyl groups excluding tert-OH is 1. The molecule has 0 aliphatic heterocycles. The van der Waals surface area contributed by atoms with E-state index in [1.54, 1.807) is 6.20 Å². The van der Waals surface area contributed by atoms with Gasteiger partial charge in [0.05, 0.1) is 0 Å². The lowest BCUT2D eigenvalue weighted by Crippen LogP contribution is -2.40. The molecule has 0 saturated heterocycles. The highest BCUT2D eigenvalue weighted by Crippen LogP contribution is 2.05. The van der Waals surface area contributed by atoms with E-state index in [0.717, 1.165) is 12.1 Å². The average Bonchev–Trinajstić information content (AvgIpc) is 2.61. The number of carbonyl (C=O) groups is 1. The zero-order valence-electron chi connectivity index (χ0n) is 14.0. The van der Waals surface area contributed by atoms with Gasteiger partial charge in [0.15, 0.2) is 0 Å². The number of benzene rings is 1. The van der Waals surface area contributed by atoms with Crippen LogP contribution in [0.25, 0.3) is 0 Å². The molecule has 0 fully saturated rings. The molecule has 2 amide bonds. The van der Waals surface area contributed by atoms with E-state index in [0.29, 0.717) is 19.5 Å². The first-order chi connectivity index (χ1) is 11.7. The molecular weight excluding hydrogens is 302 g/mol. The number of urea groups is 1. The summed E-state index contributed by atoms with van der Waals surface area (Å²) in [5.41, 5.74) is 3.34. The Labute approximate surface area is 143 Å². The summed E-state index contributed by atoms with van der Waals surface area (Å²) in [5.74, 6) is -0.0391. The Bertz CT molecular complexity index is 614. The van der Waals surface area contributed by atoms with Gasteiger partial charge in [-0.15, -0.1) is 0 Å². The van der Waals surface area contributed by atoms with Crippen LogP contribution in [-0.2, 0) is 12.8 Å². The fraction of sp³-hybridized carbons (Fsp3) is 0.368. The summed E-state index contributed by atoms with van der Waals surface area (Å²) in [7, 11) is 0. The Hall–Kier alpha value is -2.40. The van der Waals surface area contributed by atoms with Crippen molar-refractivity contribution in [3.8, 4) is 0 Å². The van der Waals surface area contributed by atoms with Crippen molar-refractivity contribution in [2.75, 3.05) is 19.7 Å². The van der Waals surface area contributed by atoms with Crippen LogP contribution in [0.5, 0.6) is 0 Å². The number of nitrogens with one attached hydrogen (secondary N) is 2. The summed E-state index contributed by atoms with van der Waals surface area (Å²) >= 11 is 0. The number of hydrogen-bond acceptors (Lipinski definition) is 3. The van der Waals surface area contributed by atoms with Gasteiger partial charge in [-0.2, -0.15) is 0 Å². The molecule has 0 bridgehead atoms. The van der Waals surface area contributed by atoms with Gasteiger partial charge < -0.3 is 15.7 Å². The first kappa shape index (κ1) is 17.9. The second kappa shape index (κ2) is 9.67. The highest BCUT2D eigenvalue weighted by molar-refractivity contribution is 5.73. The standard InChI is InChI=1S/C19H25N3O2/c1-15-5-7-16(8-6-15)9-11-21-19(24)22-13-17(14-23)12-18-4-2-3-10-20-18/h2-8,10,17,23H,9,11-14H2,1H3,(H2,21,22,24). The van der Waals surface area contributed by atoms with E-state index >= 15 is 0 Å². The summed E-state index contributed by atoms with van der Waals surface area (Å²) in [4.78, 5) is 16.1. The fourth-order valence-corrected chi connectivity index (χ4v) is 2.39. The van der Waals surface area contributed by atoms with E-state index in [4.69, 9.17) is 0 Å². The molecule has 1 atom stereocenters. The Morgan fingerprint density at radius 1 is 1.17 bits per heavy atom. The van der Waals surface area contributed by atoms with Gasteiger partial charge in [0.25, 0.3) is 0 Å². The van der Waals surface area contributed by atoms with Gasteiger partial charge in [0, 0.05) is 37.5 Å². The van der Waals surface area contributed by atoms with Crippen molar-refractivity contribution in [3.05, 3.63) is 65.5 Å². The van der Waals surface area contributed by atoms with Crippen molar-refractivity contribution in [1.82, 2.24) is 15.6 Å². The van der Waals surface area contributed by atoms with Gasteiger partial charge >= 0.3 is 6.03 Å². The number of carbonyl (C=O) groups excluding carboxylic acids is 1. The maximum absolute atomic E-state index is 11.8. The van der Waals surface area contributed by atoms with Crippen molar-refractivity contribution in [2.45, 2.75) is 19.8 Å². The molecule has 0 spiro atoms. The molecule has 3 N–H and O–H groups in total. The third kappa shape index (κ3) is 6.38. The molecule has 1 heterocycles. The van der Waals surface area contributed by atoms with Gasteiger partial charge in [-0.3, -0.25) is 4.98 Å². The number of aliphatic hydroxyl groups is 1. The molecule has 2 rings (SSSR count). The van der Waals surface area contributed by atoms with E-state index in [1.165, 1.54) is 11.1 Å². The Morgan fingerprint density at radius 3 is 2.62 bits per heavy atom. The predicted molar refractivity (Wildman–Crippen MR) is 94.8 cm³/mol. The predicted octanol–water partition coefficient (Wildman–Crippen LogP) is 2.08. The summed E-state index contributed by atoms with van der Waals surface area (Å²) in [6.45, 7) is 3.07. The number of aromatic nitrogens is 1. The van der Waals surface area contributed by atoms with Crippen LogP contribution >= 0.6 is 0 Å². The van der Waals surface area contributed by atoms with Crippen molar-refractivity contribution < 1.29 is 9.90 Å². The number of pyridine rings is 1. The maximum atomic E-state index is 11.8. The summed E-state index contributed by atoms with van der Waals surface area (Å²) in [6.07, 6.45) is 3.17. The van der Waals surface area contributed by atoms with Gasteiger partial charge in [0.1, 0.15) is 0 Å². The van der Waals surface area contributed by atoms with Crippen LogP contribution in [0.1, 0.15) is 16.8 Å². The van der Waals surface area contributed by atoms with E-state index in [9.17, 15) is 9.90 Å². The molecule has 5 nitrogen and oxygen atoms in total. The SMILES string of the molecule is Cc1ccc(CCNC(=O)NCC(CO)Cc2ccccn2)cc1. The molecule has 1 aromatic heterocycles. The molecule has 0 radical (unpaired) electrons. The van der Waals surface area contributed by atoms with Crippen molar-refractivity contribution in [2.24, 2.45) is 5.92 Å². The third-order valence-corrected chi connectivity index (χ3v) is 3.85. The van der Waals surface area contributed by atoms with Gasteiger partial charge in [-0.05, 0) is 37.5 Å². The Kier molecular flexibility index (Phi) is 7.23. The topological polar surface area (TPSA) is 74.2 Å². The van der Waals surface area contributed by atoms with E-state index < -0.39 is 0 Å². The van der Waals surface area contributed by atoms with Crippen LogP contribution in [0, 0.1) is 12.8 Å². The fourth-order valence-electron chi connectivity index (χ4n) is 2.39. The van der Waals surface area contributed by atoms with E-state index in [-0.39, 0.29) is 18.6 Å². The molecule has 24 heavy (non-hydrogen) atoms. The maximum Gasteiger partial charge on any atom is 0.314 e. The molecule has 0 saturated carbocycles. The largest absolute Gasteiger partial charge is 0.396 e. The molecule has 5 heteroatoms. The lowest BCUT2D eigenvalue weighted by Gasteiger charge is -2.15. The minimum Gasteiger partial charge on any atom is -0.396 e. The molecule has 1 aromatic carbocycles. The van der Waals surface area contributed by atoms with Crippen molar-refractivity contribution in [1.29, 1.82) is 0 Å². The zero-order chi connectivity index (χ0) is 17.2. The number of nitrogens with zero attached hydrogens (tertiary/aromatic N) is 1. The molecule has 128 valence electrons. The van der Waals surface area contributed by atoms with Gasteiger partial charge in [-0.25, -0.2) is 4.79 Å². The van der Waals surface area contributed by atoms with Crippen LogP contribution < -0.4 is 10.6 Å². The quantitative estimate of drug-likeness (QED) is 0.695. The lowest BCUT2D eigenvalue weighted by atomic mass is 10.0. The van der Waals surface area contributed by atoms with Crippen molar-refractivity contribution >= 4 is 6.03 Å². The van der Waals surface area contributed by atoms with Crippen LogP contribution in [0.3, 0.4) is 0 Å². The second-order valence-corrected chi connectivity index (χ2v) is 5.95. The highest BCUT2D eigenvalue weighted by atomic mass is 16.3. The zero-order valence-corrected chi connectivity index (χ0v) is 14.0. The Morgan fingerprint density at radius 2 is 1.96 bits per heavy atom. The number of hydrogen-bond donors (Lipinski definition) is 3. The van der Waals surface area contributed by atoms with Gasteiger partial charge in [-0.1, -0.05) is 35.9 Å². The smallest absolute Gasteiger partial charge is 0.314 e. The molecular formula is C19H25N3O2. The monoisotopic (exact) mass is 327 g/mol. The minimum atomic E-state index is -0.207. The van der Waals surface area contributed by atoms with Crippen LogP contribution in [0.2, 0.25) is 0 Å². The minimum absolute atomic E-state index is 0.0141. The molecule has 0 aliphatic carbocycles. The summed E-state index contributed by atoms with van der Waals surface area (Å²) in [6, 6.07) is 13.8. The molecule has 0 aliphatic rings. The van der Waals surface area contributed by atoms with Crippen molar-refractivity contribution in [3.63, 3.8) is 0 Å². The van der Waals surface area contributed by atoms with E-state index in [1.807, 2.05) is 18.2 Å². The first-order valence-electron chi connectivity index (χ1n) is 8.25. The Balaban J connectivity index is 1.66. The first-order valence-corrected chi connectivity index (χ1v) is 8.25. The normalized spacial score (nSPS) is 11.8. The molecule has 1 unspecified atom stereocenters. The number of amides is 2. The van der Waals surface area contributed by atoms with Crippen LogP contribution in [0.15, 0.2) is 48.7 Å². The second-order valence-electron chi connectivity index (χ2n) is 5.95. The third-order valence-electron chi connectivity index (χ3n) is 3.85. The van der Waals surface area contributed by atoms with E-state index in [2.05, 4.69) is 46.8 Å². The summed E-state index contributed by atoms with van der Waals surface area (Å²) in [5, 5.41) is 15.1. The number of rotatable bonds is 8. The highest BCUT2D eigenvalue weighted by Gasteiger charge is 2.11. The number of aryl methyl sites for hydroxylation is 1. The molecule has 2 aromatic rings. The van der Waals surface area contributed by atoms with Crippen LogP contribution in [-0.4, -0.2) is 35.8 Å². The average molecular weight is 327 g/mol. The lowest BCUT2D eigenvalue weighted by molar-refractivity contribution is 0.213. The van der Waals surface area contributed by atoms with Gasteiger partial charge in [0.2, 0.25) is 0 Å².